The average Bonchev–Trinajstić information content (AvgIpc) is 2.54. The van der Waals surface area contributed by atoms with Gasteiger partial charge in [0.15, 0.2) is 0 Å². The highest BCUT2D eigenvalue weighted by molar-refractivity contribution is 5.89. The number of nitrogens with one attached hydrogen (secondary N) is 1. The molecule has 0 saturated carbocycles. The first-order valence-corrected chi connectivity index (χ1v) is 6.98. The molecule has 1 heterocycles. The largest absolute Gasteiger partial charge is 0.380 e. The van der Waals surface area contributed by atoms with Crippen molar-refractivity contribution in [2.24, 2.45) is 0 Å². The third-order valence-corrected chi connectivity index (χ3v) is 3.38. The zero-order valence-corrected chi connectivity index (χ0v) is 12.2. The molecule has 0 spiro atoms. The van der Waals surface area contributed by atoms with Gasteiger partial charge in [0.1, 0.15) is 23.5 Å². The van der Waals surface area contributed by atoms with E-state index >= 15 is 0 Å². The van der Waals surface area contributed by atoms with Crippen LogP contribution in [0.25, 0.3) is 10.9 Å². The Labute approximate surface area is 128 Å². The fourth-order valence-electron chi connectivity index (χ4n) is 2.37. The number of ether oxygens (including phenoxy) is 1. The molecule has 0 aliphatic rings. The predicted octanol–water partition coefficient (Wildman–Crippen LogP) is 3.53. The van der Waals surface area contributed by atoms with Crippen LogP contribution in [0.5, 0.6) is 0 Å². The van der Waals surface area contributed by atoms with Crippen molar-refractivity contribution in [2.45, 2.75) is 13.2 Å². The molecule has 3 rings (SSSR count). The molecule has 0 aliphatic heterocycles. The van der Waals surface area contributed by atoms with E-state index in [0.29, 0.717) is 29.9 Å². The van der Waals surface area contributed by atoms with E-state index in [9.17, 15) is 4.39 Å². The van der Waals surface area contributed by atoms with Gasteiger partial charge in [-0.15, -0.1) is 0 Å². The van der Waals surface area contributed by atoms with Crippen molar-refractivity contribution in [1.82, 2.24) is 9.97 Å². The Bertz CT molecular complexity index is 792. The van der Waals surface area contributed by atoms with Gasteiger partial charge in [0.05, 0.1) is 6.61 Å². The first-order chi connectivity index (χ1) is 10.8. The summed E-state index contributed by atoms with van der Waals surface area (Å²) in [5.41, 5.74) is 2.55. The van der Waals surface area contributed by atoms with Crippen LogP contribution < -0.4 is 5.32 Å². The molecule has 0 amide bonds. The van der Waals surface area contributed by atoms with Gasteiger partial charge in [-0.3, -0.25) is 0 Å². The summed E-state index contributed by atoms with van der Waals surface area (Å²) >= 11 is 0. The predicted molar refractivity (Wildman–Crippen MR) is 84.0 cm³/mol. The van der Waals surface area contributed by atoms with E-state index in [1.165, 1.54) is 12.4 Å². The zero-order valence-electron chi connectivity index (χ0n) is 12.2. The lowest BCUT2D eigenvalue weighted by atomic mass is 10.1. The van der Waals surface area contributed by atoms with Crippen LogP contribution in [0.15, 0.2) is 48.8 Å². The lowest BCUT2D eigenvalue weighted by Crippen LogP contribution is -2.03. The standard InChI is InChI=1S/C17H16FN3O/c1-22-10-13-5-2-4-12(8-13)9-19-17-14-6-3-7-15(18)16(14)20-11-21-17/h2-8,11H,9-10H2,1H3,(H,19,20,21). The van der Waals surface area contributed by atoms with E-state index in [4.69, 9.17) is 4.74 Å². The maximum atomic E-state index is 13.7. The van der Waals surface area contributed by atoms with E-state index < -0.39 is 0 Å². The van der Waals surface area contributed by atoms with Gasteiger partial charge in [0, 0.05) is 19.0 Å². The number of anilines is 1. The van der Waals surface area contributed by atoms with Crippen molar-refractivity contribution in [2.75, 3.05) is 12.4 Å². The number of methoxy groups -OCH3 is 1. The Morgan fingerprint density at radius 2 is 1.91 bits per heavy atom. The molecule has 1 N–H and O–H groups in total. The van der Waals surface area contributed by atoms with E-state index in [0.717, 1.165) is 11.1 Å². The van der Waals surface area contributed by atoms with Gasteiger partial charge in [-0.1, -0.05) is 30.3 Å². The molecule has 0 saturated heterocycles. The Kier molecular flexibility index (Phi) is 4.25. The number of halogens is 1. The van der Waals surface area contributed by atoms with Crippen molar-refractivity contribution in [3.63, 3.8) is 0 Å². The number of para-hydroxylation sites is 1. The van der Waals surface area contributed by atoms with Crippen molar-refractivity contribution in [3.05, 3.63) is 65.7 Å². The number of benzene rings is 2. The normalized spacial score (nSPS) is 10.8. The molecule has 0 radical (unpaired) electrons. The third-order valence-electron chi connectivity index (χ3n) is 3.38. The summed E-state index contributed by atoms with van der Waals surface area (Å²) in [5, 5.41) is 3.92. The second-order valence-corrected chi connectivity index (χ2v) is 4.96. The van der Waals surface area contributed by atoms with Gasteiger partial charge in [0.25, 0.3) is 0 Å². The van der Waals surface area contributed by atoms with Crippen molar-refractivity contribution < 1.29 is 9.13 Å². The molecule has 5 heteroatoms. The Hall–Kier alpha value is -2.53. The average molecular weight is 297 g/mol. The van der Waals surface area contributed by atoms with Gasteiger partial charge in [0.2, 0.25) is 0 Å². The van der Waals surface area contributed by atoms with Gasteiger partial charge in [-0.25, -0.2) is 14.4 Å². The summed E-state index contributed by atoms with van der Waals surface area (Å²) in [5.74, 6) is 0.284. The summed E-state index contributed by atoms with van der Waals surface area (Å²) in [6, 6.07) is 13.0. The highest BCUT2D eigenvalue weighted by atomic mass is 19.1. The molecular formula is C17H16FN3O. The van der Waals surface area contributed by atoms with E-state index in [2.05, 4.69) is 21.4 Å². The van der Waals surface area contributed by atoms with Crippen LogP contribution in [0.1, 0.15) is 11.1 Å². The summed E-state index contributed by atoms with van der Waals surface area (Å²) in [6.07, 6.45) is 1.37. The van der Waals surface area contributed by atoms with Crippen molar-refractivity contribution in [1.29, 1.82) is 0 Å². The minimum Gasteiger partial charge on any atom is -0.380 e. The Balaban J connectivity index is 1.82. The number of hydrogen-bond donors (Lipinski definition) is 1. The molecule has 3 aromatic rings. The summed E-state index contributed by atoms with van der Waals surface area (Å²) < 4.78 is 18.9. The summed E-state index contributed by atoms with van der Waals surface area (Å²) in [4.78, 5) is 8.20. The van der Waals surface area contributed by atoms with Crippen LogP contribution in [0.3, 0.4) is 0 Å². The van der Waals surface area contributed by atoms with E-state index in [1.807, 2.05) is 24.3 Å². The monoisotopic (exact) mass is 297 g/mol. The lowest BCUT2D eigenvalue weighted by Gasteiger charge is -2.09. The SMILES string of the molecule is COCc1cccc(CNc2ncnc3c(F)cccc23)c1. The Morgan fingerprint density at radius 1 is 1.09 bits per heavy atom. The molecule has 0 unspecified atom stereocenters. The third kappa shape index (κ3) is 3.04. The Morgan fingerprint density at radius 3 is 2.77 bits per heavy atom. The summed E-state index contributed by atoms with van der Waals surface area (Å²) in [6.45, 7) is 1.18. The number of hydrogen-bond acceptors (Lipinski definition) is 4. The molecule has 2 aromatic carbocycles. The smallest absolute Gasteiger partial charge is 0.149 e. The molecule has 1 aromatic heterocycles. The van der Waals surface area contributed by atoms with Crippen LogP contribution in [0.2, 0.25) is 0 Å². The fourth-order valence-corrected chi connectivity index (χ4v) is 2.37. The minimum atomic E-state index is -0.343. The lowest BCUT2D eigenvalue weighted by molar-refractivity contribution is 0.185. The van der Waals surface area contributed by atoms with Crippen LogP contribution in [0, 0.1) is 5.82 Å². The van der Waals surface area contributed by atoms with Gasteiger partial charge in [-0.2, -0.15) is 0 Å². The van der Waals surface area contributed by atoms with Gasteiger partial charge in [-0.05, 0) is 23.3 Å². The first kappa shape index (κ1) is 14.4. The van der Waals surface area contributed by atoms with Crippen molar-refractivity contribution >= 4 is 16.7 Å². The number of aromatic nitrogens is 2. The van der Waals surface area contributed by atoms with Gasteiger partial charge < -0.3 is 10.1 Å². The molecule has 112 valence electrons. The molecule has 0 bridgehead atoms. The van der Waals surface area contributed by atoms with Crippen LogP contribution in [-0.2, 0) is 17.9 Å². The molecule has 22 heavy (non-hydrogen) atoms. The molecule has 0 fully saturated rings. The number of fused-ring (bicyclic) bond motifs is 1. The molecule has 0 aliphatic carbocycles. The van der Waals surface area contributed by atoms with Gasteiger partial charge >= 0.3 is 0 Å². The number of nitrogens with zero attached hydrogens (tertiary/aromatic N) is 2. The molecular weight excluding hydrogens is 281 g/mol. The minimum absolute atomic E-state index is 0.327. The number of rotatable bonds is 5. The van der Waals surface area contributed by atoms with E-state index in [1.54, 1.807) is 13.2 Å². The first-order valence-electron chi connectivity index (χ1n) is 6.98. The van der Waals surface area contributed by atoms with Crippen LogP contribution in [0.4, 0.5) is 10.2 Å². The fraction of sp³-hybridized carbons (Fsp3) is 0.176. The highest BCUT2D eigenvalue weighted by Gasteiger charge is 2.07. The molecule has 4 nitrogen and oxygen atoms in total. The topological polar surface area (TPSA) is 47.0 Å². The van der Waals surface area contributed by atoms with Crippen molar-refractivity contribution in [3.8, 4) is 0 Å². The molecule has 0 atom stereocenters. The maximum absolute atomic E-state index is 13.7. The zero-order chi connectivity index (χ0) is 15.4. The maximum Gasteiger partial charge on any atom is 0.149 e. The van der Waals surface area contributed by atoms with Crippen LogP contribution in [-0.4, -0.2) is 17.1 Å². The van der Waals surface area contributed by atoms with Crippen LogP contribution >= 0.6 is 0 Å². The van der Waals surface area contributed by atoms with E-state index in [-0.39, 0.29) is 5.82 Å². The summed E-state index contributed by atoms with van der Waals surface area (Å²) in [7, 11) is 1.67. The quantitative estimate of drug-likeness (QED) is 0.782. The second kappa shape index (κ2) is 6.49. The second-order valence-electron chi connectivity index (χ2n) is 4.96. The highest BCUT2D eigenvalue weighted by Crippen LogP contribution is 2.21.